The molecule has 0 radical (unpaired) electrons. The molecule has 0 bridgehead atoms. The number of hydrogen-bond acceptors (Lipinski definition) is 2. The first-order chi connectivity index (χ1) is 11.2. The monoisotopic (exact) mass is 338 g/mol. The van der Waals surface area contributed by atoms with Gasteiger partial charge in [0.15, 0.2) is 0 Å². The molecule has 0 spiro atoms. The van der Waals surface area contributed by atoms with E-state index >= 15 is 0 Å². The number of carbonyl (C=O) groups is 1. The van der Waals surface area contributed by atoms with E-state index in [0.717, 1.165) is 24.3 Å². The lowest BCUT2D eigenvalue weighted by atomic mass is 9.96. The van der Waals surface area contributed by atoms with E-state index in [2.05, 4.69) is 10.6 Å². The van der Waals surface area contributed by atoms with Crippen molar-refractivity contribution in [2.75, 3.05) is 11.9 Å². The van der Waals surface area contributed by atoms with Crippen molar-refractivity contribution >= 4 is 11.7 Å². The summed E-state index contributed by atoms with van der Waals surface area (Å²) in [4.78, 5) is 11.8. The van der Waals surface area contributed by atoms with Crippen LogP contribution >= 0.6 is 0 Å². The third-order valence-electron chi connectivity index (χ3n) is 3.46. The highest BCUT2D eigenvalue weighted by atomic mass is 19.4. The Balaban J connectivity index is 1.92. The molecule has 1 atom stereocenters. The summed E-state index contributed by atoms with van der Waals surface area (Å²) < 4.78 is 37.4. The molecule has 0 aliphatic rings. The van der Waals surface area contributed by atoms with Crippen molar-refractivity contribution < 1.29 is 23.1 Å². The van der Waals surface area contributed by atoms with Gasteiger partial charge in [0.2, 0.25) is 0 Å². The highest BCUT2D eigenvalue weighted by Gasteiger charge is 2.30. The quantitative estimate of drug-likeness (QED) is 0.795. The molecular formula is C17H17F3N2O2. The standard InChI is InChI=1S/C17H17F3N2O2/c1-16(24,12-5-3-2-4-6-12)11-21-15(23)22-14-9-7-13(8-10-14)17(18,19)20/h2-10,24H,11H2,1H3,(H2,21,22,23). The summed E-state index contributed by atoms with van der Waals surface area (Å²) in [6.45, 7) is 1.50. The van der Waals surface area contributed by atoms with Crippen LogP contribution in [0.25, 0.3) is 0 Å². The van der Waals surface area contributed by atoms with Crippen molar-refractivity contribution in [1.29, 1.82) is 0 Å². The van der Waals surface area contributed by atoms with Crippen LogP contribution in [0, 0.1) is 0 Å². The van der Waals surface area contributed by atoms with Crippen LogP contribution in [0.15, 0.2) is 54.6 Å². The number of nitrogens with one attached hydrogen (secondary N) is 2. The van der Waals surface area contributed by atoms with Crippen molar-refractivity contribution in [1.82, 2.24) is 5.32 Å². The zero-order valence-corrected chi connectivity index (χ0v) is 12.9. The minimum atomic E-state index is -4.42. The summed E-state index contributed by atoms with van der Waals surface area (Å²) >= 11 is 0. The van der Waals surface area contributed by atoms with Gasteiger partial charge in [-0.25, -0.2) is 4.79 Å². The maximum absolute atomic E-state index is 12.5. The molecule has 0 aliphatic heterocycles. The smallest absolute Gasteiger partial charge is 0.384 e. The normalized spacial score (nSPS) is 13.9. The van der Waals surface area contributed by atoms with Gasteiger partial charge >= 0.3 is 12.2 Å². The summed E-state index contributed by atoms with van der Waals surface area (Å²) in [5.74, 6) is 0. The van der Waals surface area contributed by atoms with E-state index in [4.69, 9.17) is 0 Å². The number of halogens is 3. The lowest BCUT2D eigenvalue weighted by Gasteiger charge is -2.24. The van der Waals surface area contributed by atoms with Crippen molar-refractivity contribution in [2.24, 2.45) is 0 Å². The number of hydrogen-bond donors (Lipinski definition) is 3. The number of aliphatic hydroxyl groups is 1. The Morgan fingerprint density at radius 2 is 1.58 bits per heavy atom. The van der Waals surface area contributed by atoms with Crippen LogP contribution in [-0.2, 0) is 11.8 Å². The molecule has 3 N–H and O–H groups in total. The molecule has 0 saturated heterocycles. The summed E-state index contributed by atoms with van der Waals surface area (Å²) in [6.07, 6.45) is -4.42. The van der Waals surface area contributed by atoms with Gasteiger partial charge < -0.3 is 15.7 Å². The second-order valence-corrected chi connectivity index (χ2v) is 5.52. The van der Waals surface area contributed by atoms with E-state index in [9.17, 15) is 23.1 Å². The molecule has 0 fully saturated rings. The Hall–Kier alpha value is -2.54. The summed E-state index contributed by atoms with van der Waals surface area (Å²) in [7, 11) is 0. The maximum atomic E-state index is 12.5. The third-order valence-corrected chi connectivity index (χ3v) is 3.46. The van der Waals surface area contributed by atoms with Crippen LogP contribution in [0.3, 0.4) is 0 Å². The van der Waals surface area contributed by atoms with Crippen molar-refractivity contribution in [3.8, 4) is 0 Å². The van der Waals surface area contributed by atoms with E-state index in [0.29, 0.717) is 5.56 Å². The Morgan fingerprint density at radius 1 is 1.00 bits per heavy atom. The van der Waals surface area contributed by atoms with Crippen LogP contribution in [0.4, 0.5) is 23.7 Å². The van der Waals surface area contributed by atoms with Crippen LogP contribution in [0.1, 0.15) is 18.1 Å². The molecule has 0 aliphatic carbocycles. The Labute approximate surface area is 137 Å². The number of carbonyl (C=O) groups excluding carboxylic acids is 1. The SMILES string of the molecule is CC(O)(CNC(=O)Nc1ccc(C(F)(F)F)cc1)c1ccccc1. The molecule has 1 unspecified atom stereocenters. The fraction of sp³-hybridized carbons (Fsp3) is 0.235. The Kier molecular flexibility index (Phi) is 5.14. The molecule has 2 aromatic carbocycles. The molecule has 2 aromatic rings. The van der Waals surface area contributed by atoms with Crippen LogP contribution in [0.2, 0.25) is 0 Å². The molecule has 4 nitrogen and oxygen atoms in total. The summed E-state index contributed by atoms with van der Waals surface area (Å²) in [5.41, 5.74) is -1.20. The zero-order valence-electron chi connectivity index (χ0n) is 12.9. The minimum Gasteiger partial charge on any atom is -0.384 e. The van der Waals surface area contributed by atoms with Gasteiger partial charge in [-0.1, -0.05) is 30.3 Å². The van der Waals surface area contributed by atoms with Gasteiger partial charge in [-0.2, -0.15) is 13.2 Å². The summed E-state index contributed by atoms with van der Waals surface area (Å²) in [6, 6.07) is 12.3. The van der Waals surface area contributed by atoms with Gasteiger partial charge in [0.1, 0.15) is 5.60 Å². The van der Waals surface area contributed by atoms with Gasteiger partial charge in [-0.05, 0) is 36.8 Å². The summed E-state index contributed by atoms with van der Waals surface area (Å²) in [5, 5.41) is 15.3. The van der Waals surface area contributed by atoms with Crippen molar-refractivity contribution in [3.05, 3.63) is 65.7 Å². The third kappa shape index (κ3) is 4.73. The number of urea groups is 1. The molecule has 0 aromatic heterocycles. The highest BCUT2D eigenvalue weighted by molar-refractivity contribution is 5.89. The van der Waals surface area contributed by atoms with Gasteiger partial charge in [0.05, 0.1) is 12.1 Å². The molecule has 0 heterocycles. The number of rotatable bonds is 4. The van der Waals surface area contributed by atoms with Crippen LogP contribution in [-0.4, -0.2) is 17.7 Å². The minimum absolute atomic E-state index is 0.0521. The predicted molar refractivity (Wildman–Crippen MR) is 84.5 cm³/mol. The van der Waals surface area contributed by atoms with E-state index in [1.165, 1.54) is 0 Å². The molecule has 128 valence electrons. The van der Waals surface area contributed by atoms with E-state index < -0.39 is 23.4 Å². The first-order valence-corrected chi connectivity index (χ1v) is 7.18. The van der Waals surface area contributed by atoms with Crippen molar-refractivity contribution in [2.45, 2.75) is 18.7 Å². The lowest BCUT2D eigenvalue weighted by Crippen LogP contribution is -2.40. The van der Waals surface area contributed by atoms with E-state index in [1.807, 2.05) is 6.07 Å². The molecule has 0 saturated carbocycles. The average molecular weight is 338 g/mol. The number of anilines is 1. The number of alkyl halides is 3. The molecule has 24 heavy (non-hydrogen) atoms. The second-order valence-electron chi connectivity index (χ2n) is 5.52. The first-order valence-electron chi connectivity index (χ1n) is 7.18. The van der Waals surface area contributed by atoms with Crippen molar-refractivity contribution in [3.63, 3.8) is 0 Å². The number of benzene rings is 2. The van der Waals surface area contributed by atoms with Gasteiger partial charge in [0.25, 0.3) is 0 Å². The number of amides is 2. The Morgan fingerprint density at radius 3 is 2.12 bits per heavy atom. The van der Waals surface area contributed by atoms with E-state index in [-0.39, 0.29) is 12.2 Å². The zero-order chi connectivity index (χ0) is 17.8. The van der Waals surface area contributed by atoms with Gasteiger partial charge in [0, 0.05) is 5.69 Å². The second kappa shape index (κ2) is 6.92. The molecule has 2 amide bonds. The molecule has 2 rings (SSSR count). The predicted octanol–water partition coefficient (Wildman–Crippen LogP) is 3.73. The van der Waals surface area contributed by atoms with Crippen LogP contribution < -0.4 is 10.6 Å². The first kappa shape index (κ1) is 17.8. The fourth-order valence-corrected chi connectivity index (χ4v) is 2.07. The topological polar surface area (TPSA) is 61.4 Å². The maximum Gasteiger partial charge on any atom is 0.416 e. The van der Waals surface area contributed by atoms with E-state index in [1.54, 1.807) is 31.2 Å². The fourth-order valence-electron chi connectivity index (χ4n) is 2.07. The lowest BCUT2D eigenvalue weighted by molar-refractivity contribution is -0.137. The molecule has 7 heteroatoms. The molecular weight excluding hydrogens is 321 g/mol. The van der Waals surface area contributed by atoms with Gasteiger partial charge in [-0.15, -0.1) is 0 Å². The highest BCUT2D eigenvalue weighted by Crippen LogP contribution is 2.29. The Bertz CT molecular complexity index is 683. The largest absolute Gasteiger partial charge is 0.416 e. The van der Waals surface area contributed by atoms with Gasteiger partial charge in [-0.3, -0.25) is 0 Å². The van der Waals surface area contributed by atoms with Crippen LogP contribution in [0.5, 0.6) is 0 Å². The average Bonchev–Trinajstić information content (AvgIpc) is 2.54.